The summed E-state index contributed by atoms with van der Waals surface area (Å²) in [6.07, 6.45) is 0. The third-order valence-electron chi connectivity index (χ3n) is 0. The van der Waals surface area contributed by atoms with Crippen LogP contribution in [0.15, 0.2) is 0 Å². The van der Waals surface area contributed by atoms with Gasteiger partial charge in [-0.1, -0.05) is 0 Å². The van der Waals surface area contributed by atoms with Crippen LogP contribution in [-0.2, 0) is 11.3 Å². The maximum atomic E-state index is 3.06. The summed E-state index contributed by atoms with van der Waals surface area (Å²) in [5.41, 5.74) is 0. The second-order valence-electron chi connectivity index (χ2n) is 0.0505. The van der Waals surface area contributed by atoms with Crippen LogP contribution in [0.25, 0.3) is 0 Å². The molecule has 0 fully saturated rings. The zero-order chi connectivity index (χ0) is 2.71. The van der Waals surface area contributed by atoms with Crippen molar-refractivity contribution >= 4 is 45.2 Å². The summed E-state index contributed by atoms with van der Waals surface area (Å²) in [5, 5.41) is 0. The summed E-state index contributed by atoms with van der Waals surface area (Å²) in [4.78, 5) is 0. The fourth-order valence-corrected chi connectivity index (χ4v) is 0. The summed E-state index contributed by atoms with van der Waals surface area (Å²) in [6, 6.07) is 0. The molecule has 0 spiro atoms. The van der Waals surface area contributed by atoms with Crippen molar-refractivity contribution in [2.45, 2.75) is 0 Å². The molecule has 30 valence electrons. The predicted octanol–water partition coefficient (Wildman–Crippen LogP) is 2.27. The van der Waals surface area contributed by atoms with E-state index in [1.807, 2.05) is 0 Å². The number of rotatable bonds is 0. The number of hydrogen-bond acceptors (Lipinski definition) is 0. The zero-order valence-corrected chi connectivity index (χ0v) is 7.51. The van der Waals surface area contributed by atoms with Crippen LogP contribution in [0.5, 0.6) is 0 Å². The molecule has 0 atom stereocenters. The van der Waals surface area contributed by atoms with Crippen LogP contribution < -0.4 is 0 Å². The third-order valence-corrected chi connectivity index (χ3v) is 0. The van der Waals surface area contributed by atoms with E-state index in [-0.39, 0.29) is 17.0 Å². The molecule has 0 saturated carbocycles. The van der Waals surface area contributed by atoms with Gasteiger partial charge < -0.3 is 0 Å². The van der Waals surface area contributed by atoms with Crippen LogP contribution in [0.3, 0.4) is 0 Å². The first-order chi connectivity index (χ1) is 1.41. The average Bonchev–Trinajstić information content (AvgIpc) is 0.918. The summed E-state index contributed by atoms with van der Waals surface area (Å²) < 4.78 is 0. The minimum absolute atomic E-state index is 0. The topological polar surface area (TPSA) is 0 Å². The Balaban J connectivity index is 0. The Morgan fingerprint density at radius 2 is 1.25 bits per heavy atom. The molecular weight excluding hydrogens is 296 g/mol. The Morgan fingerprint density at radius 1 is 1.25 bits per heavy atom. The van der Waals surface area contributed by atoms with Gasteiger partial charge in [0.15, 0.2) is 0 Å². The average molecular weight is 297 g/mol. The molecule has 0 unspecified atom stereocenters. The molecule has 0 bridgehead atoms. The summed E-state index contributed by atoms with van der Waals surface area (Å²) in [6.45, 7) is 0. The second-order valence-corrected chi connectivity index (χ2v) is 5.62. The summed E-state index contributed by atoms with van der Waals surface area (Å²) >= 11 is 7.00. The van der Waals surface area contributed by atoms with E-state index in [1.165, 1.54) is 0 Å². The molecule has 0 N–H and O–H groups in total. The monoisotopic (exact) mass is 294 g/mol. The molecule has 0 amide bonds. The van der Waals surface area contributed by atoms with E-state index < -0.39 is 0 Å². The van der Waals surface area contributed by atoms with Crippen molar-refractivity contribution in [2.75, 3.05) is 0 Å². The SMILES string of the molecule is Br.[Br][Fe][Br]. The molecule has 0 aliphatic rings. The fourth-order valence-electron chi connectivity index (χ4n) is 0. The summed E-state index contributed by atoms with van der Waals surface area (Å²) in [7, 11) is 0. The zero-order valence-electron chi connectivity index (χ0n) is 1.52. The molecule has 4 heavy (non-hydrogen) atoms. The van der Waals surface area contributed by atoms with Gasteiger partial charge in [0.1, 0.15) is 0 Å². The van der Waals surface area contributed by atoms with E-state index in [4.69, 9.17) is 0 Å². The van der Waals surface area contributed by atoms with Crippen LogP contribution in [0.1, 0.15) is 0 Å². The van der Waals surface area contributed by atoms with Crippen molar-refractivity contribution in [1.82, 2.24) is 0 Å². The normalized spacial score (nSPS) is 5.50. The van der Waals surface area contributed by atoms with E-state index in [1.54, 1.807) is 0 Å². The summed E-state index contributed by atoms with van der Waals surface area (Å²) in [5.74, 6) is 0. The van der Waals surface area contributed by atoms with Gasteiger partial charge in [-0.15, -0.1) is 17.0 Å². The van der Waals surface area contributed by atoms with Crippen molar-refractivity contribution < 1.29 is 11.3 Å². The minimum atomic E-state index is 0. The Labute approximate surface area is 56.0 Å². The van der Waals surface area contributed by atoms with Crippen molar-refractivity contribution in [1.29, 1.82) is 0 Å². The van der Waals surface area contributed by atoms with Crippen molar-refractivity contribution in [3.8, 4) is 0 Å². The van der Waals surface area contributed by atoms with E-state index in [0.29, 0.717) is 0 Å². The van der Waals surface area contributed by atoms with E-state index in [9.17, 15) is 0 Å². The Kier molecular flexibility index (Phi) is 20.8. The van der Waals surface area contributed by atoms with E-state index in [0.717, 1.165) is 11.3 Å². The first-order valence-corrected chi connectivity index (χ1v) is 5.73. The molecule has 0 radical (unpaired) electrons. The van der Waals surface area contributed by atoms with Crippen molar-refractivity contribution in [2.24, 2.45) is 0 Å². The molecule has 0 aromatic heterocycles. The van der Waals surface area contributed by atoms with Crippen LogP contribution in [0, 0.1) is 0 Å². The molecule has 4 heteroatoms. The van der Waals surface area contributed by atoms with E-state index in [2.05, 4.69) is 28.2 Å². The Bertz CT molecular complexity index is 3.25. The van der Waals surface area contributed by atoms with Crippen LogP contribution in [-0.4, -0.2) is 0 Å². The van der Waals surface area contributed by atoms with Crippen molar-refractivity contribution in [3.05, 3.63) is 0 Å². The van der Waals surface area contributed by atoms with Crippen LogP contribution in [0.2, 0.25) is 0 Å². The van der Waals surface area contributed by atoms with Gasteiger partial charge in [-0.25, -0.2) is 0 Å². The van der Waals surface area contributed by atoms with Gasteiger partial charge in [-0.3, -0.25) is 0 Å². The number of hydrogen-bond donors (Lipinski definition) is 0. The van der Waals surface area contributed by atoms with E-state index >= 15 is 0 Å². The number of halogens is 3. The fraction of sp³-hybridized carbons (Fsp3) is 0. The molecule has 0 rings (SSSR count). The van der Waals surface area contributed by atoms with Gasteiger partial charge >= 0.3 is 39.6 Å². The van der Waals surface area contributed by atoms with Gasteiger partial charge in [0.05, 0.1) is 0 Å². The molecule has 0 aromatic rings. The van der Waals surface area contributed by atoms with Gasteiger partial charge in [-0.05, 0) is 0 Å². The first-order valence-electron chi connectivity index (χ1n) is 0.267. The molecule has 0 aliphatic heterocycles. The third kappa shape index (κ3) is 9.03. The molecule has 0 aliphatic carbocycles. The predicted molar refractivity (Wildman–Crippen MR) is 28.2 cm³/mol. The molecule has 0 aromatic carbocycles. The molecule has 0 saturated heterocycles. The Morgan fingerprint density at radius 3 is 1.25 bits per heavy atom. The van der Waals surface area contributed by atoms with Crippen LogP contribution in [0.4, 0.5) is 0 Å². The van der Waals surface area contributed by atoms with Crippen molar-refractivity contribution in [3.63, 3.8) is 0 Å². The molecule has 0 nitrogen and oxygen atoms in total. The quantitative estimate of drug-likeness (QED) is 0.602. The van der Waals surface area contributed by atoms with Gasteiger partial charge in [-0.2, -0.15) is 0 Å². The second kappa shape index (κ2) is 8.88. The molecule has 0 heterocycles. The van der Waals surface area contributed by atoms with Crippen LogP contribution >= 0.6 is 45.2 Å². The standard InChI is InChI=1S/3BrH.Fe/h3*1H;/q;;;+2/p-2. The maximum absolute atomic E-state index is 3.06. The first kappa shape index (κ1) is 9.35. The Hall–Kier alpha value is 1.96. The van der Waals surface area contributed by atoms with Gasteiger partial charge in [0, 0.05) is 0 Å². The molecular formula is HBr3Fe. The van der Waals surface area contributed by atoms with Gasteiger partial charge in [0.25, 0.3) is 0 Å². The van der Waals surface area contributed by atoms with Gasteiger partial charge in [0.2, 0.25) is 0 Å².